The van der Waals surface area contributed by atoms with Gasteiger partial charge in [-0.05, 0) is 24.6 Å². The largest absolute Gasteiger partial charge is 0.493 e. The summed E-state index contributed by atoms with van der Waals surface area (Å²) in [6.07, 6.45) is 0. The van der Waals surface area contributed by atoms with Crippen molar-refractivity contribution in [2.75, 3.05) is 20.8 Å². The fourth-order valence-electron chi connectivity index (χ4n) is 1.96. The summed E-state index contributed by atoms with van der Waals surface area (Å²) in [6.45, 7) is 3.83. The van der Waals surface area contributed by atoms with Crippen molar-refractivity contribution >= 4 is 5.91 Å². The molecule has 1 aromatic rings. The smallest absolute Gasteiger partial charge is 0.217 e. The molecule has 0 fully saturated rings. The molecule has 0 radical (unpaired) electrons. The molecule has 0 spiro atoms. The maximum absolute atomic E-state index is 11.0. The van der Waals surface area contributed by atoms with Crippen LogP contribution in [0.25, 0.3) is 0 Å². The van der Waals surface area contributed by atoms with Crippen molar-refractivity contribution in [3.8, 4) is 17.6 Å². The Morgan fingerprint density at radius 3 is 2.52 bits per heavy atom. The van der Waals surface area contributed by atoms with Gasteiger partial charge in [-0.3, -0.25) is 10.1 Å². The number of nitrogens with one attached hydrogen (secondary N) is 2. The average molecular weight is 291 g/mol. The van der Waals surface area contributed by atoms with Crippen LogP contribution in [0.4, 0.5) is 0 Å². The summed E-state index contributed by atoms with van der Waals surface area (Å²) in [5, 5.41) is 15.2. The SMILES string of the molecule is COc1ccc(C(C#N)NCC(C)NC(C)=O)cc1OC. The Morgan fingerprint density at radius 1 is 1.33 bits per heavy atom. The molecule has 0 heterocycles. The van der Waals surface area contributed by atoms with E-state index < -0.39 is 6.04 Å². The van der Waals surface area contributed by atoms with Crippen LogP contribution in [0.5, 0.6) is 11.5 Å². The van der Waals surface area contributed by atoms with Gasteiger partial charge in [-0.15, -0.1) is 0 Å². The lowest BCUT2D eigenvalue weighted by Gasteiger charge is -2.18. The van der Waals surface area contributed by atoms with Crippen LogP contribution in [-0.2, 0) is 4.79 Å². The zero-order chi connectivity index (χ0) is 15.8. The third kappa shape index (κ3) is 4.97. The molecule has 6 nitrogen and oxygen atoms in total. The first kappa shape index (κ1) is 16.8. The van der Waals surface area contributed by atoms with Crippen LogP contribution in [0, 0.1) is 11.3 Å². The van der Waals surface area contributed by atoms with E-state index in [1.54, 1.807) is 26.4 Å². The zero-order valence-electron chi connectivity index (χ0n) is 12.8. The van der Waals surface area contributed by atoms with Gasteiger partial charge >= 0.3 is 0 Å². The summed E-state index contributed by atoms with van der Waals surface area (Å²) in [5.74, 6) is 1.10. The van der Waals surface area contributed by atoms with Crippen LogP contribution in [0.3, 0.4) is 0 Å². The minimum Gasteiger partial charge on any atom is -0.493 e. The summed E-state index contributed by atoms with van der Waals surface area (Å²) < 4.78 is 10.4. The van der Waals surface area contributed by atoms with Gasteiger partial charge in [0.1, 0.15) is 6.04 Å². The molecule has 6 heteroatoms. The van der Waals surface area contributed by atoms with E-state index in [4.69, 9.17) is 9.47 Å². The molecule has 0 aliphatic carbocycles. The fraction of sp³-hybridized carbons (Fsp3) is 0.467. The third-order valence-electron chi connectivity index (χ3n) is 2.95. The Balaban J connectivity index is 2.77. The molecule has 0 aliphatic rings. The molecule has 0 aliphatic heterocycles. The molecule has 2 N–H and O–H groups in total. The van der Waals surface area contributed by atoms with Crippen molar-refractivity contribution in [3.63, 3.8) is 0 Å². The molecule has 114 valence electrons. The summed E-state index contributed by atoms with van der Waals surface area (Å²) in [7, 11) is 3.11. The Bertz CT molecular complexity index is 525. The number of hydrogen-bond acceptors (Lipinski definition) is 5. The van der Waals surface area contributed by atoms with Crippen molar-refractivity contribution < 1.29 is 14.3 Å². The van der Waals surface area contributed by atoms with Gasteiger partial charge in [-0.2, -0.15) is 5.26 Å². The number of carbonyl (C=O) groups is 1. The number of ether oxygens (including phenoxy) is 2. The number of hydrogen-bond donors (Lipinski definition) is 2. The van der Waals surface area contributed by atoms with Crippen molar-refractivity contribution in [2.45, 2.75) is 25.9 Å². The quantitative estimate of drug-likeness (QED) is 0.793. The Hall–Kier alpha value is -2.26. The Kier molecular flexibility index (Phi) is 6.50. The van der Waals surface area contributed by atoms with Gasteiger partial charge in [0.15, 0.2) is 11.5 Å². The lowest BCUT2D eigenvalue weighted by molar-refractivity contribution is -0.119. The lowest BCUT2D eigenvalue weighted by Crippen LogP contribution is -2.39. The molecule has 1 amide bonds. The van der Waals surface area contributed by atoms with Gasteiger partial charge in [0, 0.05) is 19.5 Å². The van der Waals surface area contributed by atoms with Gasteiger partial charge in [0.2, 0.25) is 5.91 Å². The average Bonchev–Trinajstić information content (AvgIpc) is 2.46. The predicted octanol–water partition coefficient (Wildman–Crippen LogP) is 1.38. The van der Waals surface area contributed by atoms with Crippen LogP contribution < -0.4 is 20.1 Å². The standard InChI is InChI=1S/C15H21N3O3/c1-10(18-11(2)19)9-17-13(8-16)12-5-6-14(20-3)15(7-12)21-4/h5-7,10,13,17H,9H2,1-4H3,(H,18,19). The number of rotatable bonds is 7. The highest BCUT2D eigenvalue weighted by Gasteiger charge is 2.14. The molecular formula is C15H21N3O3. The normalized spacial score (nSPS) is 12.9. The second-order valence-corrected chi connectivity index (χ2v) is 4.69. The van der Waals surface area contributed by atoms with Gasteiger partial charge < -0.3 is 14.8 Å². The minimum absolute atomic E-state index is 0.0570. The first-order valence-electron chi connectivity index (χ1n) is 6.63. The second-order valence-electron chi connectivity index (χ2n) is 4.69. The van der Waals surface area contributed by atoms with E-state index in [1.165, 1.54) is 6.92 Å². The van der Waals surface area contributed by atoms with Gasteiger partial charge in [0.25, 0.3) is 0 Å². The second kappa shape index (κ2) is 8.12. The first-order valence-corrected chi connectivity index (χ1v) is 6.63. The maximum atomic E-state index is 11.0. The number of nitrogens with zero attached hydrogens (tertiary/aromatic N) is 1. The fourth-order valence-corrected chi connectivity index (χ4v) is 1.96. The van der Waals surface area contributed by atoms with E-state index in [-0.39, 0.29) is 11.9 Å². The summed E-state index contributed by atoms with van der Waals surface area (Å²) in [5.41, 5.74) is 0.783. The van der Waals surface area contributed by atoms with Crippen molar-refractivity contribution in [1.82, 2.24) is 10.6 Å². The van der Waals surface area contributed by atoms with E-state index >= 15 is 0 Å². The molecular weight excluding hydrogens is 270 g/mol. The predicted molar refractivity (Wildman–Crippen MR) is 79.2 cm³/mol. The minimum atomic E-state index is -0.485. The van der Waals surface area contributed by atoms with E-state index in [0.29, 0.717) is 18.0 Å². The molecule has 0 bridgehead atoms. The van der Waals surface area contributed by atoms with Crippen LogP contribution in [-0.4, -0.2) is 32.7 Å². The van der Waals surface area contributed by atoms with Gasteiger partial charge in [-0.1, -0.05) is 6.07 Å². The Labute approximate surface area is 125 Å². The van der Waals surface area contributed by atoms with Crippen LogP contribution in [0.15, 0.2) is 18.2 Å². The Morgan fingerprint density at radius 2 is 2.00 bits per heavy atom. The van der Waals surface area contributed by atoms with Gasteiger partial charge in [-0.25, -0.2) is 0 Å². The van der Waals surface area contributed by atoms with Gasteiger partial charge in [0.05, 0.1) is 20.3 Å². The van der Waals surface area contributed by atoms with E-state index in [0.717, 1.165) is 5.56 Å². The van der Waals surface area contributed by atoms with Crippen molar-refractivity contribution in [3.05, 3.63) is 23.8 Å². The van der Waals surface area contributed by atoms with E-state index in [2.05, 4.69) is 16.7 Å². The lowest BCUT2D eigenvalue weighted by atomic mass is 10.1. The highest BCUT2D eigenvalue weighted by Crippen LogP contribution is 2.29. The molecule has 0 aromatic heterocycles. The van der Waals surface area contributed by atoms with E-state index in [9.17, 15) is 10.1 Å². The topological polar surface area (TPSA) is 83.4 Å². The number of methoxy groups -OCH3 is 2. The van der Waals surface area contributed by atoms with E-state index in [1.807, 2.05) is 13.0 Å². The number of amides is 1. The molecule has 0 saturated heterocycles. The zero-order valence-corrected chi connectivity index (χ0v) is 12.8. The first-order chi connectivity index (χ1) is 10.0. The molecule has 1 aromatic carbocycles. The summed E-state index contributed by atoms with van der Waals surface area (Å²) >= 11 is 0. The van der Waals surface area contributed by atoms with Crippen LogP contribution in [0.1, 0.15) is 25.5 Å². The highest BCUT2D eigenvalue weighted by atomic mass is 16.5. The summed E-state index contributed by atoms with van der Waals surface area (Å²) in [4.78, 5) is 11.0. The molecule has 0 saturated carbocycles. The molecule has 21 heavy (non-hydrogen) atoms. The highest BCUT2D eigenvalue weighted by molar-refractivity contribution is 5.73. The maximum Gasteiger partial charge on any atom is 0.217 e. The summed E-state index contributed by atoms with van der Waals surface area (Å²) in [6, 6.07) is 6.99. The molecule has 2 unspecified atom stereocenters. The number of nitriles is 1. The number of carbonyl (C=O) groups excluding carboxylic acids is 1. The van der Waals surface area contributed by atoms with Crippen LogP contribution >= 0.6 is 0 Å². The van der Waals surface area contributed by atoms with Crippen LogP contribution in [0.2, 0.25) is 0 Å². The van der Waals surface area contributed by atoms with Crippen molar-refractivity contribution in [2.24, 2.45) is 0 Å². The number of benzene rings is 1. The van der Waals surface area contributed by atoms with Crippen molar-refractivity contribution in [1.29, 1.82) is 5.26 Å². The molecule has 1 rings (SSSR count). The third-order valence-corrected chi connectivity index (χ3v) is 2.95. The monoisotopic (exact) mass is 291 g/mol. The molecule has 2 atom stereocenters.